The van der Waals surface area contributed by atoms with Gasteiger partial charge in [0, 0.05) is 25.8 Å². The van der Waals surface area contributed by atoms with Crippen molar-refractivity contribution in [2.75, 3.05) is 38.5 Å². The van der Waals surface area contributed by atoms with Gasteiger partial charge in [-0.2, -0.15) is 0 Å². The molecule has 0 radical (unpaired) electrons. The van der Waals surface area contributed by atoms with Gasteiger partial charge in [0.25, 0.3) is 0 Å². The summed E-state index contributed by atoms with van der Waals surface area (Å²) in [5.74, 6) is -0.0551. The number of β-amino-alcohol motifs (C(OH)–C–C–N with tert-alkyl or cyclic N) is 1. The predicted molar refractivity (Wildman–Crippen MR) is 92.9 cm³/mol. The van der Waals surface area contributed by atoms with Crippen molar-refractivity contribution < 1.29 is 14.7 Å². The number of hydrogen-bond acceptors (Lipinski definition) is 4. The summed E-state index contributed by atoms with van der Waals surface area (Å²) < 4.78 is 0. The maximum absolute atomic E-state index is 11.9. The molecule has 3 amide bonds. The summed E-state index contributed by atoms with van der Waals surface area (Å²) in [4.78, 5) is 25.4. The minimum Gasteiger partial charge on any atom is -0.390 e. The van der Waals surface area contributed by atoms with Crippen molar-refractivity contribution in [1.82, 2.24) is 15.5 Å². The Morgan fingerprint density at radius 1 is 1.21 bits per heavy atom. The van der Waals surface area contributed by atoms with Crippen LogP contribution in [0.1, 0.15) is 18.4 Å². The van der Waals surface area contributed by atoms with Gasteiger partial charge >= 0.3 is 6.03 Å². The number of likely N-dealkylation sites (N-methyl/N-ethyl adjacent to an activating group) is 1. The van der Waals surface area contributed by atoms with E-state index in [1.165, 1.54) is 12.8 Å². The fraction of sp³-hybridized carbons (Fsp3) is 0.529. The number of likely N-dealkylation sites (tertiary alicyclic amines) is 1. The number of carbonyl (C=O) groups excluding carboxylic acids is 2. The standard InChI is InChI=1S/C17H26N4O3/c1-18-16(23)10-13-4-6-14(7-5-13)20-17(24)19-11-15(22)12-21-8-2-3-9-21/h4-7,15,22H,2-3,8-12H2,1H3,(H,18,23)(H2,19,20,24)/t15-/m0/s1. The molecule has 7 nitrogen and oxygen atoms in total. The van der Waals surface area contributed by atoms with E-state index in [-0.39, 0.29) is 18.5 Å². The Kier molecular flexibility index (Phi) is 7.02. The molecule has 1 aromatic carbocycles. The first-order chi connectivity index (χ1) is 11.6. The monoisotopic (exact) mass is 334 g/mol. The summed E-state index contributed by atoms with van der Waals surface area (Å²) in [7, 11) is 1.60. The van der Waals surface area contributed by atoms with Crippen molar-refractivity contribution >= 4 is 17.6 Å². The molecule has 2 rings (SSSR count). The Hall–Kier alpha value is -2.12. The van der Waals surface area contributed by atoms with Crippen LogP contribution < -0.4 is 16.0 Å². The van der Waals surface area contributed by atoms with E-state index < -0.39 is 6.10 Å². The van der Waals surface area contributed by atoms with E-state index in [1.807, 2.05) is 0 Å². The molecule has 132 valence electrons. The van der Waals surface area contributed by atoms with E-state index in [0.717, 1.165) is 18.7 Å². The van der Waals surface area contributed by atoms with Gasteiger partial charge in [-0.25, -0.2) is 4.79 Å². The van der Waals surface area contributed by atoms with Crippen LogP contribution in [0.4, 0.5) is 10.5 Å². The van der Waals surface area contributed by atoms with Gasteiger partial charge in [-0.3, -0.25) is 4.79 Å². The van der Waals surface area contributed by atoms with Crippen LogP contribution in [0.3, 0.4) is 0 Å². The maximum atomic E-state index is 11.9. The summed E-state index contributed by atoms with van der Waals surface area (Å²) in [6, 6.07) is 6.74. The Bertz CT molecular complexity index is 541. The van der Waals surface area contributed by atoms with Crippen LogP contribution in [0.5, 0.6) is 0 Å². The summed E-state index contributed by atoms with van der Waals surface area (Å²) >= 11 is 0. The molecule has 0 unspecified atom stereocenters. The third-order valence-corrected chi connectivity index (χ3v) is 4.02. The molecule has 1 fully saturated rings. The van der Waals surface area contributed by atoms with Gasteiger partial charge in [-0.1, -0.05) is 12.1 Å². The number of carbonyl (C=O) groups is 2. The molecule has 0 aliphatic carbocycles. The second-order valence-electron chi connectivity index (χ2n) is 6.04. The number of aliphatic hydroxyl groups excluding tert-OH is 1. The van der Waals surface area contributed by atoms with Crippen LogP contribution in [-0.2, 0) is 11.2 Å². The first-order valence-corrected chi connectivity index (χ1v) is 8.31. The van der Waals surface area contributed by atoms with Crippen molar-refractivity contribution in [3.63, 3.8) is 0 Å². The summed E-state index contributed by atoms with van der Waals surface area (Å²) in [5, 5.41) is 17.9. The average Bonchev–Trinajstić information content (AvgIpc) is 3.07. The maximum Gasteiger partial charge on any atom is 0.319 e. The van der Waals surface area contributed by atoms with Gasteiger partial charge in [-0.05, 0) is 43.6 Å². The highest BCUT2D eigenvalue weighted by Crippen LogP contribution is 2.10. The highest BCUT2D eigenvalue weighted by atomic mass is 16.3. The Morgan fingerprint density at radius 3 is 2.50 bits per heavy atom. The zero-order valence-corrected chi connectivity index (χ0v) is 14.0. The quantitative estimate of drug-likeness (QED) is 0.586. The highest BCUT2D eigenvalue weighted by molar-refractivity contribution is 5.89. The Morgan fingerprint density at radius 2 is 1.88 bits per heavy atom. The lowest BCUT2D eigenvalue weighted by Gasteiger charge is -2.19. The van der Waals surface area contributed by atoms with Crippen LogP contribution in [0.25, 0.3) is 0 Å². The van der Waals surface area contributed by atoms with E-state index in [4.69, 9.17) is 0 Å². The number of nitrogens with zero attached hydrogens (tertiary/aromatic N) is 1. The van der Waals surface area contributed by atoms with Crippen LogP contribution in [0.15, 0.2) is 24.3 Å². The van der Waals surface area contributed by atoms with Crippen LogP contribution in [-0.4, -0.2) is 61.3 Å². The number of nitrogens with one attached hydrogen (secondary N) is 3. The number of amides is 3. The van der Waals surface area contributed by atoms with Crippen molar-refractivity contribution in [3.05, 3.63) is 29.8 Å². The first-order valence-electron chi connectivity index (χ1n) is 8.31. The fourth-order valence-corrected chi connectivity index (χ4v) is 2.69. The normalized spacial score (nSPS) is 15.8. The third-order valence-electron chi connectivity index (χ3n) is 4.02. The van der Waals surface area contributed by atoms with Crippen LogP contribution in [0.2, 0.25) is 0 Å². The van der Waals surface area contributed by atoms with E-state index in [1.54, 1.807) is 31.3 Å². The minimum absolute atomic E-state index is 0.0551. The topological polar surface area (TPSA) is 93.7 Å². The lowest BCUT2D eigenvalue weighted by Crippen LogP contribution is -2.40. The second kappa shape index (κ2) is 9.24. The van der Waals surface area contributed by atoms with Crippen molar-refractivity contribution in [1.29, 1.82) is 0 Å². The molecule has 1 aliphatic heterocycles. The van der Waals surface area contributed by atoms with Gasteiger partial charge in [-0.15, -0.1) is 0 Å². The molecule has 1 heterocycles. The van der Waals surface area contributed by atoms with Gasteiger partial charge in [0.2, 0.25) is 5.91 Å². The molecule has 7 heteroatoms. The summed E-state index contributed by atoms with van der Waals surface area (Å²) in [6.45, 7) is 2.85. The minimum atomic E-state index is -0.566. The number of rotatable bonds is 7. The zero-order valence-electron chi connectivity index (χ0n) is 14.0. The Labute approximate surface area is 142 Å². The molecular formula is C17H26N4O3. The van der Waals surface area contributed by atoms with Gasteiger partial charge in [0.1, 0.15) is 0 Å². The first kappa shape index (κ1) is 18.2. The molecule has 1 saturated heterocycles. The number of urea groups is 1. The molecule has 1 atom stereocenters. The van der Waals surface area contributed by atoms with Crippen molar-refractivity contribution in [2.24, 2.45) is 0 Å². The number of aliphatic hydroxyl groups is 1. The van der Waals surface area contributed by atoms with Crippen LogP contribution in [0, 0.1) is 0 Å². The third kappa shape index (κ3) is 6.17. The molecule has 0 aromatic heterocycles. The number of anilines is 1. The zero-order chi connectivity index (χ0) is 17.4. The van der Waals surface area contributed by atoms with Gasteiger partial charge in [0.05, 0.1) is 12.5 Å². The van der Waals surface area contributed by atoms with Gasteiger partial charge < -0.3 is 26.0 Å². The number of benzene rings is 1. The van der Waals surface area contributed by atoms with Gasteiger partial charge in [0.15, 0.2) is 0 Å². The van der Waals surface area contributed by atoms with E-state index in [2.05, 4.69) is 20.9 Å². The number of hydrogen-bond donors (Lipinski definition) is 4. The molecule has 24 heavy (non-hydrogen) atoms. The van der Waals surface area contributed by atoms with Crippen molar-refractivity contribution in [2.45, 2.75) is 25.4 Å². The summed E-state index contributed by atoms with van der Waals surface area (Å²) in [5.41, 5.74) is 1.52. The molecule has 0 bridgehead atoms. The fourth-order valence-electron chi connectivity index (χ4n) is 2.69. The van der Waals surface area contributed by atoms with Crippen LogP contribution >= 0.6 is 0 Å². The van der Waals surface area contributed by atoms with Crippen molar-refractivity contribution in [3.8, 4) is 0 Å². The average molecular weight is 334 g/mol. The molecular weight excluding hydrogens is 308 g/mol. The molecule has 0 spiro atoms. The predicted octanol–water partition coefficient (Wildman–Crippen LogP) is 0.553. The van der Waals surface area contributed by atoms with E-state index in [0.29, 0.717) is 18.7 Å². The highest BCUT2D eigenvalue weighted by Gasteiger charge is 2.16. The molecule has 4 N–H and O–H groups in total. The largest absolute Gasteiger partial charge is 0.390 e. The molecule has 1 aromatic rings. The lowest BCUT2D eigenvalue weighted by molar-refractivity contribution is -0.119. The second-order valence-corrected chi connectivity index (χ2v) is 6.04. The molecule has 1 aliphatic rings. The summed E-state index contributed by atoms with van der Waals surface area (Å²) in [6.07, 6.45) is 2.10. The van der Waals surface area contributed by atoms with E-state index >= 15 is 0 Å². The molecule has 0 saturated carbocycles. The Balaban J connectivity index is 1.70. The SMILES string of the molecule is CNC(=O)Cc1ccc(NC(=O)NC[C@H](O)CN2CCCC2)cc1. The lowest BCUT2D eigenvalue weighted by atomic mass is 10.1. The van der Waals surface area contributed by atoms with E-state index in [9.17, 15) is 14.7 Å². The smallest absolute Gasteiger partial charge is 0.319 e.